The standard InChI is InChI=1S/C13H18N2O5.ClH/c1-2-3-4-10(16)13(14)8-5-11-12(20-7-19-11)6-9(8)15(17)18;/h5-6,10,13,16H,2-4,7,14H2,1H3;1H/t10-,13+;/m0./s1. The molecule has 2 atom stereocenters. The van der Waals surface area contributed by atoms with Crippen molar-refractivity contribution >= 4 is 18.1 Å². The first-order chi connectivity index (χ1) is 9.54. The molecule has 0 saturated carbocycles. The van der Waals surface area contributed by atoms with Crippen molar-refractivity contribution in [3.8, 4) is 11.5 Å². The predicted octanol–water partition coefficient (Wildman–Crippen LogP) is 2.30. The SMILES string of the molecule is CCCC[C@H](O)[C@H](N)c1cc2c(cc1[N+](=O)[O-])OCO2.Cl. The van der Waals surface area contributed by atoms with Crippen molar-refractivity contribution in [3.63, 3.8) is 0 Å². The van der Waals surface area contributed by atoms with Gasteiger partial charge in [-0.3, -0.25) is 10.1 Å². The summed E-state index contributed by atoms with van der Waals surface area (Å²) in [5, 5.41) is 21.2. The molecule has 21 heavy (non-hydrogen) atoms. The highest BCUT2D eigenvalue weighted by atomic mass is 35.5. The summed E-state index contributed by atoms with van der Waals surface area (Å²) >= 11 is 0. The Kier molecular flexibility index (Phi) is 6.19. The number of aliphatic hydroxyl groups excluding tert-OH is 1. The molecule has 0 amide bonds. The average molecular weight is 319 g/mol. The van der Waals surface area contributed by atoms with Crippen LogP contribution in [0, 0.1) is 10.1 Å². The van der Waals surface area contributed by atoms with Crippen molar-refractivity contribution in [2.24, 2.45) is 5.73 Å². The molecule has 8 heteroatoms. The van der Waals surface area contributed by atoms with Gasteiger partial charge in [-0.2, -0.15) is 0 Å². The van der Waals surface area contributed by atoms with Gasteiger partial charge in [-0.1, -0.05) is 19.8 Å². The maximum Gasteiger partial charge on any atom is 0.278 e. The van der Waals surface area contributed by atoms with E-state index in [1.807, 2.05) is 6.92 Å². The number of unbranched alkanes of at least 4 members (excludes halogenated alkanes) is 1. The van der Waals surface area contributed by atoms with Crippen molar-refractivity contribution < 1.29 is 19.5 Å². The van der Waals surface area contributed by atoms with Crippen LogP contribution in [0.1, 0.15) is 37.8 Å². The number of aliphatic hydroxyl groups is 1. The fourth-order valence-electron chi connectivity index (χ4n) is 2.17. The molecule has 0 radical (unpaired) electrons. The van der Waals surface area contributed by atoms with Gasteiger partial charge in [0, 0.05) is 0 Å². The van der Waals surface area contributed by atoms with Crippen molar-refractivity contribution in [1.29, 1.82) is 0 Å². The largest absolute Gasteiger partial charge is 0.454 e. The Morgan fingerprint density at radius 3 is 2.62 bits per heavy atom. The number of nitrogens with two attached hydrogens (primary N) is 1. The number of hydrogen-bond acceptors (Lipinski definition) is 6. The van der Waals surface area contributed by atoms with E-state index in [1.165, 1.54) is 12.1 Å². The fourth-order valence-corrected chi connectivity index (χ4v) is 2.17. The normalized spacial score (nSPS) is 15.2. The van der Waals surface area contributed by atoms with Gasteiger partial charge >= 0.3 is 0 Å². The van der Waals surface area contributed by atoms with Crippen molar-refractivity contribution in [2.75, 3.05) is 6.79 Å². The monoisotopic (exact) mass is 318 g/mol. The summed E-state index contributed by atoms with van der Waals surface area (Å²) < 4.78 is 10.3. The van der Waals surface area contributed by atoms with Gasteiger partial charge in [0.2, 0.25) is 6.79 Å². The van der Waals surface area contributed by atoms with Crippen LogP contribution in [0.4, 0.5) is 5.69 Å². The minimum atomic E-state index is -0.825. The molecule has 0 spiro atoms. The molecule has 0 aliphatic carbocycles. The van der Waals surface area contributed by atoms with Gasteiger partial charge in [0.15, 0.2) is 11.5 Å². The lowest BCUT2D eigenvalue weighted by Crippen LogP contribution is -2.26. The van der Waals surface area contributed by atoms with Crippen LogP contribution < -0.4 is 15.2 Å². The molecule has 0 saturated heterocycles. The lowest BCUT2D eigenvalue weighted by molar-refractivity contribution is -0.385. The highest BCUT2D eigenvalue weighted by molar-refractivity contribution is 5.85. The molecule has 1 aliphatic heterocycles. The van der Waals surface area contributed by atoms with E-state index in [-0.39, 0.29) is 30.5 Å². The molecule has 1 aliphatic rings. The zero-order chi connectivity index (χ0) is 14.7. The van der Waals surface area contributed by atoms with E-state index >= 15 is 0 Å². The minimum absolute atomic E-state index is 0. The molecule has 0 aromatic heterocycles. The third-order valence-electron chi connectivity index (χ3n) is 3.35. The maximum atomic E-state index is 11.1. The Labute approximate surface area is 128 Å². The van der Waals surface area contributed by atoms with Crippen LogP contribution in [0.3, 0.4) is 0 Å². The van der Waals surface area contributed by atoms with Gasteiger partial charge in [-0.25, -0.2) is 0 Å². The first-order valence-corrected chi connectivity index (χ1v) is 6.56. The first-order valence-electron chi connectivity index (χ1n) is 6.56. The van der Waals surface area contributed by atoms with E-state index in [1.54, 1.807) is 0 Å². The average Bonchev–Trinajstić information content (AvgIpc) is 2.89. The maximum absolute atomic E-state index is 11.1. The van der Waals surface area contributed by atoms with Crippen molar-refractivity contribution in [3.05, 3.63) is 27.8 Å². The van der Waals surface area contributed by atoms with Crippen LogP contribution in [0.2, 0.25) is 0 Å². The molecular formula is C13H19ClN2O5. The molecule has 1 aromatic carbocycles. The van der Waals surface area contributed by atoms with Gasteiger partial charge in [0.05, 0.1) is 28.7 Å². The van der Waals surface area contributed by atoms with E-state index in [0.29, 0.717) is 17.9 Å². The third kappa shape index (κ3) is 3.75. The third-order valence-corrected chi connectivity index (χ3v) is 3.35. The molecule has 1 heterocycles. The summed E-state index contributed by atoms with van der Waals surface area (Å²) in [6.45, 7) is 2.03. The number of hydrogen-bond donors (Lipinski definition) is 2. The van der Waals surface area contributed by atoms with E-state index in [9.17, 15) is 15.2 Å². The number of nitro benzene ring substituents is 1. The van der Waals surface area contributed by atoms with Gasteiger partial charge in [0.25, 0.3) is 5.69 Å². The molecule has 118 valence electrons. The molecule has 3 N–H and O–H groups in total. The van der Waals surface area contributed by atoms with Gasteiger partial charge in [-0.15, -0.1) is 12.4 Å². The van der Waals surface area contributed by atoms with E-state index in [0.717, 1.165) is 12.8 Å². The van der Waals surface area contributed by atoms with Crippen LogP contribution in [0.15, 0.2) is 12.1 Å². The number of benzene rings is 1. The second-order valence-electron chi connectivity index (χ2n) is 4.76. The molecule has 0 fully saturated rings. The van der Waals surface area contributed by atoms with Crippen molar-refractivity contribution in [1.82, 2.24) is 0 Å². The summed E-state index contributed by atoms with van der Waals surface area (Å²) in [5.41, 5.74) is 6.07. The molecule has 7 nitrogen and oxygen atoms in total. The molecule has 0 bridgehead atoms. The van der Waals surface area contributed by atoms with Gasteiger partial charge in [0.1, 0.15) is 0 Å². The Hall–Kier alpha value is -1.57. The Morgan fingerprint density at radius 2 is 2.05 bits per heavy atom. The van der Waals surface area contributed by atoms with Crippen LogP contribution in [0.5, 0.6) is 11.5 Å². The molecular weight excluding hydrogens is 300 g/mol. The number of nitro groups is 1. The van der Waals surface area contributed by atoms with Crippen LogP contribution in [-0.2, 0) is 0 Å². The number of halogens is 1. The second-order valence-corrected chi connectivity index (χ2v) is 4.76. The Bertz CT molecular complexity index is 512. The lowest BCUT2D eigenvalue weighted by atomic mass is 9.96. The number of rotatable bonds is 6. The van der Waals surface area contributed by atoms with E-state index < -0.39 is 17.1 Å². The molecule has 1 aromatic rings. The van der Waals surface area contributed by atoms with E-state index in [4.69, 9.17) is 15.2 Å². The summed E-state index contributed by atoms with van der Waals surface area (Å²) in [6, 6.07) is 1.96. The van der Waals surface area contributed by atoms with Gasteiger partial charge in [-0.05, 0) is 12.5 Å². The lowest BCUT2D eigenvalue weighted by Gasteiger charge is -2.19. The Morgan fingerprint density at radius 1 is 1.43 bits per heavy atom. The van der Waals surface area contributed by atoms with Crippen LogP contribution in [0.25, 0.3) is 0 Å². The summed E-state index contributed by atoms with van der Waals surface area (Å²) in [4.78, 5) is 10.6. The fraction of sp³-hybridized carbons (Fsp3) is 0.538. The first kappa shape index (κ1) is 17.5. The zero-order valence-electron chi connectivity index (χ0n) is 11.7. The quantitative estimate of drug-likeness (QED) is 0.615. The minimum Gasteiger partial charge on any atom is -0.454 e. The number of nitrogens with zero attached hydrogens (tertiary/aromatic N) is 1. The topological polar surface area (TPSA) is 108 Å². The molecule has 0 unspecified atom stereocenters. The summed E-state index contributed by atoms with van der Waals surface area (Å²) in [6.07, 6.45) is 1.41. The number of fused-ring (bicyclic) bond motifs is 1. The zero-order valence-corrected chi connectivity index (χ0v) is 12.5. The van der Waals surface area contributed by atoms with Crippen LogP contribution in [-0.4, -0.2) is 22.9 Å². The van der Waals surface area contributed by atoms with Crippen LogP contribution >= 0.6 is 12.4 Å². The second kappa shape index (κ2) is 7.44. The summed E-state index contributed by atoms with van der Waals surface area (Å²) in [5.74, 6) is 0.749. The van der Waals surface area contributed by atoms with Gasteiger partial charge < -0.3 is 20.3 Å². The summed E-state index contributed by atoms with van der Waals surface area (Å²) in [7, 11) is 0. The van der Waals surface area contributed by atoms with E-state index in [2.05, 4.69) is 0 Å². The Balaban J connectivity index is 0.00000220. The highest BCUT2D eigenvalue weighted by Crippen LogP contribution is 2.40. The predicted molar refractivity (Wildman–Crippen MR) is 78.9 cm³/mol. The highest BCUT2D eigenvalue weighted by Gasteiger charge is 2.29. The smallest absolute Gasteiger partial charge is 0.278 e. The number of ether oxygens (including phenoxy) is 2. The van der Waals surface area contributed by atoms with Crippen molar-refractivity contribution in [2.45, 2.75) is 38.3 Å². The molecule has 2 rings (SSSR count).